The minimum Gasteiger partial charge on any atom is -0.462 e. The third kappa shape index (κ3) is 76.3. The lowest BCUT2D eigenvalue weighted by Crippen LogP contribution is -2.30. The van der Waals surface area contributed by atoms with Crippen LogP contribution in [0, 0.1) is 11.8 Å². The van der Waals surface area contributed by atoms with Gasteiger partial charge < -0.3 is 33.8 Å². The number of aliphatic hydroxyl groups is 1. The number of rotatable bonds is 82. The first-order chi connectivity index (χ1) is 49.4. The van der Waals surface area contributed by atoms with Gasteiger partial charge in [0.1, 0.15) is 19.3 Å². The van der Waals surface area contributed by atoms with Crippen molar-refractivity contribution in [3.8, 4) is 0 Å². The van der Waals surface area contributed by atoms with Crippen LogP contribution in [0.2, 0.25) is 0 Å². The van der Waals surface area contributed by atoms with Crippen molar-refractivity contribution >= 4 is 39.5 Å². The fourth-order valence-electron chi connectivity index (χ4n) is 12.9. The summed E-state index contributed by atoms with van der Waals surface area (Å²) in [5.41, 5.74) is 0. The molecule has 0 aliphatic rings. The van der Waals surface area contributed by atoms with Gasteiger partial charge in [0.25, 0.3) is 0 Å². The number of carbonyl (C=O) groups is 4. The zero-order chi connectivity index (χ0) is 74.9. The van der Waals surface area contributed by atoms with Crippen LogP contribution in [0.15, 0.2) is 0 Å². The second-order valence-electron chi connectivity index (χ2n) is 30.8. The van der Waals surface area contributed by atoms with Crippen LogP contribution in [-0.4, -0.2) is 96.7 Å². The fraction of sp³-hybridized carbons (Fsp3) is 0.952. The van der Waals surface area contributed by atoms with E-state index in [2.05, 4.69) is 41.5 Å². The summed E-state index contributed by atoms with van der Waals surface area (Å²) in [6.07, 6.45) is 65.3. The Morgan fingerprint density at radius 1 is 0.265 bits per heavy atom. The topological polar surface area (TPSA) is 237 Å². The Bertz CT molecular complexity index is 1960. The van der Waals surface area contributed by atoms with E-state index >= 15 is 0 Å². The number of hydrogen-bond acceptors (Lipinski definition) is 15. The third-order valence-electron chi connectivity index (χ3n) is 19.5. The number of esters is 4. The Kier molecular flexibility index (Phi) is 73.1. The van der Waals surface area contributed by atoms with Crippen molar-refractivity contribution in [1.29, 1.82) is 0 Å². The van der Waals surface area contributed by atoms with Crippen molar-refractivity contribution < 1.29 is 80.2 Å². The predicted octanol–water partition coefficient (Wildman–Crippen LogP) is 25.1. The van der Waals surface area contributed by atoms with E-state index in [0.717, 1.165) is 102 Å². The molecule has 0 aliphatic heterocycles. The Morgan fingerprint density at radius 2 is 0.451 bits per heavy atom. The average molecular weight is 1490 g/mol. The number of aliphatic hydroxyl groups excluding tert-OH is 1. The van der Waals surface area contributed by atoms with Crippen LogP contribution >= 0.6 is 15.6 Å². The summed E-state index contributed by atoms with van der Waals surface area (Å²) in [4.78, 5) is 73.1. The SMILES string of the molecule is CCCCCCCCCCCCCCCCCCC(=O)OC[C@H](COP(=O)(O)OC[C@@H](O)COP(=O)(O)OC[C@@H](COC(=O)CCCCCCCCCC(C)C)OC(=O)CCCCCCCCCCCCCCCCC)OC(=O)CCCCCCCCCCCCCCCCCCCCC(C)C. The molecule has 0 heterocycles. The number of unbranched alkanes of at least 4 members (excludes halogenated alkanes) is 52. The summed E-state index contributed by atoms with van der Waals surface area (Å²) in [7, 11) is -9.92. The highest BCUT2D eigenvalue weighted by Crippen LogP contribution is 2.45. The number of carbonyl (C=O) groups excluding carboxylic acids is 4. The van der Waals surface area contributed by atoms with E-state index in [1.165, 1.54) is 250 Å². The molecular formula is C83H162O17P2. The van der Waals surface area contributed by atoms with Gasteiger partial charge in [-0.05, 0) is 37.5 Å². The summed E-state index contributed by atoms with van der Waals surface area (Å²) in [6, 6.07) is 0. The quantitative estimate of drug-likeness (QED) is 0.0222. The molecule has 0 saturated heterocycles. The molecule has 0 amide bonds. The Balaban J connectivity index is 5.22. The van der Waals surface area contributed by atoms with Gasteiger partial charge in [-0.2, -0.15) is 0 Å². The summed E-state index contributed by atoms with van der Waals surface area (Å²) in [5.74, 6) is -0.580. The molecule has 0 fully saturated rings. The normalized spacial score (nSPS) is 13.9. The molecule has 0 aromatic rings. The molecule has 3 N–H and O–H groups in total. The van der Waals surface area contributed by atoms with Gasteiger partial charge in [0.2, 0.25) is 0 Å². The van der Waals surface area contributed by atoms with Crippen molar-refractivity contribution in [2.45, 2.75) is 458 Å². The van der Waals surface area contributed by atoms with Crippen LogP contribution in [0.3, 0.4) is 0 Å². The average Bonchev–Trinajstić information content (AvgIpc) is 0.907. The number of phosphoric acid groups is 2. The minimum atomic E-state index is -4.96. The van der Waals surface area contributed by atoms with Crippen LogP contribution in [0.4, 0.5) is 0 Å². The molecule has 5 atom stereocenters. The summed E-state index contributed by atoms with van der Waals surface area (Å²) in [5, 5.41) is 10.7. The summed E-state index contributed by atoms with van der Waals surface area (Å²) < 4.78 is 68.8. The van der Waals surface area contributed by atoms with Crippen molar-refractivity contribution in [2.24, 2.45) is 11.8 Å². The van der Waals surface area contributed by atoms with Gasteiger partial charge in [0.05, 0.1) is 26.4 Å². The molecule has 0 aromatic heterocycles. The van der Waals surface area contributed by atoms with E-state index in [0.29, 0.717) is 31.6 Å². The van der Waals surface area contributed by atoms with Crippen LogP contribution in [-0.2, 0) is 65.4 Å². The summed E-state index contributed by atoms with van der Waals surface area (Å²) in [6.45, 7) is 9.64. The fourth-order valence-corrected chi connectivity index (χ4v) is 14.5. The van der Waals surface area contributed by atoms with Crippen LogP contribution in [0.1, 0.15) is 440 Å². The molecular weight excluding hydrogens is 1330 g/mol. The number of ether oxygens (including phenoxy) is 4. The molecule has 0 radical (unpaired) electrons. The third-order valence-corrected chi connectivity index (χ3v) is 21.4. The van der Waals surface area contributed by atoms with E-state index in [9.17, 15) is 43.2 Å². The highest BCUT2D eigenvalue weighted by atomic mass is 31.2. The molecule has 2 unspecified atom stereocenters. The van der Waals surface area contributed by atoms with Crippen molar-refractivity contribution in [3.63, 3.8) is 0 Å². The molecule has 0 saturated carbocycles. The lowest BCUT2D eigenvalue weighted by atomic mass is 10.0. The van der Waals surface area contributed by atoms with Crippen LogP contribution < -0.4 is 0 Å². The van der Waals surface area contributed by atoms with Crippen LogP contribution in [0.5, 0.6) is 0 Å². The van der Waals surface area contributed by atoms with Crippen molar-refractivity contribution in [1.82, 2.24) is 0 Å². The van der Waals surface area contributed by atoms with E-state index in [1.807, 2.05) is 0 Å². The number of phosphoric ester groups is 2. The predicted molar refractivity (Wildman–Crippen MR) is 418 cm³/mol. The van der Waals surface area contributed by atoms with Gasteiger partial charge in [0.15, 0.2) is 12.2 Å². The second kappa shape index (κ2) is 74.5. The molecule has 606 valence electrons. The molecule has 0 aliphatic carbocycles. The Labute approximate surface area is 626 Å². The van der Waals surface area contributed by atoms with Gasteiger partial charge in [-0.3, -0.25) is 37.3 Å². The number of hydrogen-bond donors (Lipinski definition) is 3. The minimum absolute atomic E-state index is 0.108. The molecule has 19 heteroatoms. The summed E-state index contributed by atoms with van der Waals surface area (Å²) >= 11 is 0. The lowest BCUT2D eigenvalue weighted by molar-refractivity contribution is -0.161. The van der Waals surface area contributed by atoms with Crippen molar-refractivity contribution in [2.75, 3.05) is 39.6 Å². The standard InChI is InChI=1S/C83H162O17P2/c1-7-9-11-13-15-17-19-21-23-30-33-37-41-47-53-59-65-80(85)93-71-78(99-82(87)68-62-56-49-43-39-35-31-27-25-24-26-29-32-36-40-45-51-57-63-75(3)4)73-97-101(89,90)95-69-77(84)70-96-102(91,92)98-74-79(72-94-81(86)66-60-54-50-44-46-52-58-64-76(5)6)100-83(88)67-61-55-48-42-38-34-28-22-20-18-16-14-12-10-8-2/h75-79,84H,7-74H2,1-6H3,(H,89,90)(H,91,92)/t77-,78-,79-/m1/s1. The van der Waals surface area contributed by atoms with E-state index in [4.69, 9.17) is 37.0 Å². The Morgan fingerprint density at radius 3 is 0.667 bits per heavy atom. The van der Waals surface area contributed by atoms with E-state index in [1.54, 1.807) is 0 Å². The largest absolute Gasteiger partial charge is 0.472 e. The zero-order valence-electron chi connectivity index (χ0n) is 66.9. The molecule has 0 rings (SSSR count). The van der Waals surface area contributed by atoms with Gasteiger partial charge in [-0.1, -0.05) is 388 Å². The highest BCUT2D eigenvalue weighted by molar-refractivity contribution is 7.47. The Hall–Kier alpha value is -1.94. The van der Waals surface area contributed by atoms with Gasteiger partial charge in [0, 0.05) is 25.7 Å². The zero-order valence-corrected chi connectivity index (χ0v) is 68.7. The molecule has 0 bridgehead atoms. The second-order valence-corrected chi connectivity index (χ2v) is 33.7. The first-order valence-electron chi connectivity index (χ1n) is 43.0. The lowest BCUT2D eigenvalue weighted by Gasteiger charge is -2.21. The maximum absolute atomic E-state index is 13.1. The van der Waals surface area contributed by atoms with E-state index < -0.39 is 97.5 Å². The monoisotopic (exact) mass is 1490 g/mol. The van der Waals surface area contributed by atoms with Crippen molar-refractivity contribution in [3.05, 3.63) is 0 Å². The molecule has 0 spiro atoms. The van der Waals surface area contributed by atoms with Gasteiger partial charge >= 0.3 is 39.5 Å². The van der Waals surface area contributed by atoms with E-state index in [-0.39, 0.29) is 25.7 Å². The maximum Gasteiger partial charge on any atom is 0.472 e. The molecule has 102 heavy (non-hydrogen) atoms. The maximum atomic E-state index is 13.1. The first kappa shape index (κ1) is 100. The highest BCUT2D eigenvalue weighted by Gasteiger charge is 2.30. The van der Waals surface area contributed by atoms with Crippen LogP contribution in [0.25, 0.3) is 0 Å². The van der Waals surface area contributed by atoms with Gasteiger partial charge in [-0.25, -0.2) is 9.13 Å². The first-order valence-corrected chi connectivity index (χ1v) is 46.0. The molecule has 17 nitrogen and oxygen atoms in total. The molecule has 0 aromatic carbocycles. The smallest absolute Gasteiger partial charge is 0.462 e. The van der Waals surface area contributed by atoms with Gasteiger partial charge in [-0.15, -0.1) is 0 Å².